The van der Waals surface area contributed by atoms with Crippen LogP contribution in [0.4, 0.5) is 14.6 Å². The van der Waals surface area contributed by atoms with Crippen molar-refractivity contribution in [1.29, 1.82) is 0 Å². The van der Waals surface area contributed by atoms with Crippen molar-refractivity contribution in [2.45, 2.75) is 19.9 Å². The Morgan fingerprint density at radius 3 is 2.23 bits per heavy atom. The van der Waals surface area contributed by atoms with E-state index in [1.54, 1.807) is 31.0 Å². The molecule has 1 aliphatic rings. The van der Waals surface area contributed by atoms with Gasteiger partial charge in [-0.25, -0.2) is 13.8 Å². The van der Waals surface area contributed by atoms with Gasteiger partial charge in [0.1, 0.15) is 29.1 Å². The summed E-state index contributed by atoms with van der Waals surface area (Å²) < 4.78 is 27.8. The van der Waals surface area contributed by atoms with E-state index in [9.17, 15) is 18.4 Å². The number of halogens is 3. The SMILES string of the molecule is CC(C)[C@H](NC(=O)c1c(F)cccc1F)C(=O)N1CCN(c2ccc(Cl)cn2)CC1. The summed E-state index contributed by atoms with van der Waals surface area (Å²) in [6.07, 6.45) is 1.57. The fourth-order valence-corrected chi connectivity index (χ4v) is 3.46. The van der Waals surface area contributed by atoms with E-state index in [4.69, 9.17) is 11.6 Å². The molecule has 2 heterocycles. The molecule has 1 aliphatic heterocycles. The van der Waals surface area contributed by atoms with Crippen LogP contribution in [0.5, 0.6) is 0 Å². The van der Waals surface area contributed by atoms with Gasteiger partial charge in [-0.3, -0.25) is 9.59 Å². The molecule has 160 valence electrons. The molecule has 1 aromatic carbocycles. The molecular formula is C21H23ClF2N4O2. The number of pyridine rings is 1. The van der Waals surface area contributed by atoms with E-state index in [-0.39, 0.29) is 11.8 Å². The topological polar surface area (TPSA) is 65.5 Å². The Morgan fingerprint density at radius 2 is 1.70 bits per heavy atom. The lowest BCUT2D eigenvalue weighted by Crippen LogP contribution is -2.56. The van der Waals surface area contributed by atoms with E-state index >= 15 is 0 Å². The fraction of sp³-hybridized carbons (Fsp3) is 0.381. The molecule has 0 unspecified atom stereocenters. The number of piperazine rings is 1. The lowest BCUT2D eigenvalue weighted by molar-refractivity contribution is -0.134. The number of amides is 2. The standard InChI is InChI=1S/C21H23ClF2N4O2/c1-13(2)19(26-20(29)18-15(23)4-3-5-16(18)24)21(30)28-10-8-27(9-11-28)17-7-6-14(22)12-25-17/h3-7,12-13,19H,8-11H2,1-2H3,(H,26,29)/t19-/m0/s1. The highest BCUT2D eigenvalue weighted by Crippen LogP contribution is 2.18. The molecule has 2 amide bonds. The van der Waals surface area contributed by atoms with Gasteiger partial charge in [0.15, 0.2) is 0 Å². The Morgan fingerprint density at radius 1 is 1.07 bits per heavy atom. The van der Waals surface area contributed by atoms with E-state index in [0.29, 0.717) is 31.2 Å². The van der Waals surface area contributed by atoms with E-state index in [2.05, 4.69) is 10.3 Å². The lowest BCUT2D eigenvalue weighted by atomic mass is 10.0. The maximum Gasteiger partial charge on any atom is 0.257 e. The molecule has 9 heteroatoms. The third-order valence-electron chi connectivity index (χ3n) is 5.04. The number of rotatable bonds is 5. The average Bonchev–Trinajstić information content (AvgIpc) is 2.72. The van der Waals surface area contributed by atoms with Crippen LogP contribution in [0.15, 0.2) is 36.5 Å². The maximum absolute atomic E-state index is 13.9. The van der Waals surface area contributed by atoms with Gasteiger partial charge in [-0.1, -0.05) is 31.5 Å². The van der Waals surface area contributed by atoms with Gasteiger partial charge in [0.05, 0.1) is 5.02 Å². The average molecular weight is 437 g/mol. The Bertz CT molecular complexity index is 895. The van der Waals surface area contributed by atoms with Crippen LogP contribution < -0.4 is 10.2 Å². The summed E-state index contributed by atoms with van der Waals surface area (Å²) in [4.78, 5) is 33.5. The van der Waals surface area contributed by atoms with Crippen molar-refractivity contribution in [2.75, 3.05) is 31.1 Å². The van der Waals surface area contributed by atoms with E-state index in [1.807, 2.05) is 11.0 Å². The monoisotopic (exact) mass is 436 g/mol. The normalized spacial score (nSPS) is 15.3. The number of benzene rings is 1. The Kier molecular flexibility index (Phi) is 6.87. The van der Waals surface area contributed by atoms with Crippen molar-refractivity contribution in [3.63, 3.8) is 0 Å². The number of nitrogens with one attached hydrogen (secondary N) is 1. The smallest absolute Gasteiger partial charge is 0.257 e. The first-order valence-corrected chi connectivity index (χ1v) is 10.1. The minimum atomic E-state index is -0.966. The Labute approximate surface area is 178 Å². The number of nitrogens with zero attached hydrogens (tertiary/aromatic N) is 3. The first kappa shape index (κ1) is 22.0. The predicted octanol–water partition coefficient (Wildman–Crippen LogP) is 3.12. The van der Waals surface area contributed by atoms with Gasteiger partial charge in [0, 0.05) is 32.4 Å². The molecule has 0 aliphatic carbocycles. The lowest BCUT2D eigenvalue weighted by Gasteiger charge is -2.37. The highest BCUT2D eigenvalue weighted by molar-refractivity contribution is 6.30. The largest absolute Gasteiger partial charge is 0.353 e. The van der Waals surface area contributed by atoms with Crippen LogP contribution in [-0.2, 0) is 4.79 Å². The van der Waals surface area contributed by atoms with Crippen LogP contribution in [0.25, 0.3) is 0 Å². The fourth-order valence-electron chi connectivity index (χ4n) is 3.35. The highest BCUT2D eigenvalue weighted by atomic mass is 35.5. The van der Waals surface area contributed by atoms with Crippen molar-refractivity contribution in [2.24, 2.45) is 5.92 Å². The number of anilines is 1. The highest BCUT2D eigenvalue weighted by Gasteiger charge is 2.32. The minimum Gasteiger partial charge on any atom is -0.353 e. The van der Waals surface area contributed by atoms with Gasteiger partial charge in [-0.05, 0) is 30.2 Å². The Hall–Kier alpha value is -2.74. The second-order valence-electron chi connectivity index (χ2n) is 7.44. The van der Waals surface area contributed by atoms with Gasteiger partial charge < -0.3 is 15.1 Å². The van der Waals surface area contributed by atoms with Gasteiger partial charge in [-0.2, -0.15) is 0 Å². The van der Waals surface area contributed by atoms with Crippen LogP contribution in [0.3, 0.4) is 0 Å². The van der Waals surface area contributed by atoms with Gasteiger partial charge in [-0.15, -0.1) is 0 Å². The first-order chi connectivity index (χ1) is 14.3. The molecule has 0 spiro atoms. The molecule has 3 rings (SSSR count). The molecule has 0 bridgehead atoms. The Balaban J connectivity index is 1.66. The molecule has 1 aromatic heterocycles. The van der Waals surface area contributed by atoms with Crippen LogP contribution >= 0.6 is 11.6 Å². The number of carbonyl (C=O) groups is 2. The summed E-state index contributed by atoms with van der Waals surface area (Å²) >= 11 is 5.87. The predicted molar refractivity (Wildman–Crippen MR) is 110 cm³/mol. The quantitative estimate of drug-likeness (QED) is 0.782. The third-order valence-corrected chi connectivity index (χ3v) is 5.26. The minimum absolute atomic E-state index is 0.257. The number of carbonyl (C=O) groups excluding carboxylic acids is 2. The zero-order valence-corrected chi connectivity index (χ0v) is 17.5. The van der Waals surface area contributed by atoms with Crippen LogP contribution in [0, 0.1) is 17.6 Å². The van der Waals surface area contributed by atoms with E-state index in [1.165, 1.54) is 6.07 Å². The zero-order valence-electron chi connectivity index (χ0n) is 16.7. The molecule has 0 saturated carbocycles. The molecule has 0 radical (unpaired) electrons. The molecule has 1 N–H and O–H groups in total. The van der Waals surface area contributed by atoms with E-state index < -0.39 is 29.1 Å². The van der Waals surface area contributed by atoms with Crippen LogP contribution in [-0.4, -0.2) is 53.9 Å². The second kappa shape index (κ2) is 9.38. The summed E-state index contributed by atoms with van der Waals surface area (Å²) in [5.74, 6) is -2.64. The summed E-state index contributed by atoms with van der Waals surface area (Å²) in [6.45, 7) is 5.57. The number of hydrogen-bond acceptors (Lipinski definition) is 4. The van der Waals surface area contributed by atoms with Crippen molar-refractivity contribution in [1.82, 2.24) is 15.2 Å². The van der Waals surface area contributed by atoms with E-state index in [0.717, 1.165) is 18.0 Å². The molecule has 2 aromatic rings. The number of hydrogen-bond donors (Lipinski definition) is 1. The van der Waals surface area contributed by atoms with Crippen molar-refractivity contribution >= 4 is 29.2 Å². The summed E-state index contributed by atoms with van der Waals surface area (Å²) in [7, 11) is 0. The van der Waals surface area contributed by atoms with Crippen LogP contribution in [0.2, 0.25) is 5.02 Å². The van der Waals surface area contributed by atoms with Crippen molar-refractivity contribution in [3.05, 3.63) is 58.7 Å². The maximum atomic E-state index is 13.9. The molecule has 6 nitrogen and oxygen atoms in total. The molecule has 1 saturated heterocycles. The molecular weight excluding hydrogens is 414 g/mol. The summed E-state index contributed by atoms with van der Waals surface area (Å²) in [5.41, 5.74) is -0.686. The molecule has 30 heavy (non-hydrogen) atoms. The van der Waals surface area contributed by atoms with Crippen molar-refractivity contribution in [3.8, 4) is 0 Å². The zero-order chi connectivity index (χ0) is 21.8. The van der Waals surface area contributed by atoms with Gasteiger partial charge in [0.2, 0.25) is 5.91 Å². The van der Waals surface area contributed by atoms with Gasteiger partial charge in [0.25, 0.3) is 5.91 Å². The second-order valence-corrected chi connectivity index (χ2v) is 7.88. The van der Waals surface area contributed by atoms with Crippen LogP contribution in [0.1, 0.15) is 24.2 Å². The molecule has 1 atom stereocenters. The summed E-state index contributed by atoms with van der Waals surface area (Å²) in [6, 6.07) is 5.88. The third kappa shape index (κ3) is 4.87. The first-order valence-electron chi connectivity index (χ1n) is 9.68. The summed E-state index contributed by atoms with van der Waals surface area (Å²) in [5, 5.41) is 3.06. The van der Waals surface area contributed by atoms with Gasteiger partial charge >= 0.3 is 0 Å². The van der Waals surface area contributed by atoms with Crippen molar-refractivity contribution < 1.29 is 18.4 Å². The number of aromatic nitrogens is 1. The molecule has 1 fully saturated rings.